The van der Waals surface area contributed by atoms with E-state index >= 15 is 0 Å². The molecule has 5 nitrogen and oxygen atoms in total. The zero-order valence-electron chi connectivity index (χ0n) is 13.3. The fourth-order valence-electron chi connectivity index (χ4n) is 2.14. The normalized spacial score (nSPS) is 10.2. The van der Waals surface area contributed by atoms with E-state index in [1.165, 1.54) is 43.5 Å². The second-order valence-corrected chi connectivity index (χ2v) is 5.54. The molecule has 0 aliphatic rings. The Hall–Kier alpha value is -2.73. The van der Waals surface area contributed by atoms with Crippen molar-refractivity contribution >= 4 is 34.9 Å². The van der Waals surface area contributed by atoms with Crippen LogP contribution in [0.3, 0.4) is 0 Å². The molecule has 2 aromatic carbocycles. The SMILES string of the molecule is COC(=O)c1cc(NC(=O)CCC(=O)c2ccccc2F)ccc1Cl. The molecule has 0 heterocycles. The Bertz CT molecular complexity index is 822. The van der Waals surface area contributed by atoms with E-state index in [4.69, 9.17) is 11.6 Å². The van der Waals surface area contributed by atoms with Gasteiger partial charge in [0.25, 0.3) is 0 Å². The summed E-state index contributed by atoms with van der Waals surface area (Å²) in [6.45, 7) is 0. The Balaban J connectivity index is 1.98. The number of hydrogen-bond acceptors (Lipinski definition) is 4. The summed E-state index contributed by atoms with van der Waals surface area (Å²) in [6.07, 6.45) is -0.256. The van der Waals surface area contributed by atoms with Crippen molar-refractivity contribution in [3.05, 3.63) is 64.4 Å². The van der Waals surface area contributed by atoms with Crippen LogP contribution in [0.15, 0.2) is 42.5 Å². The average Bonchev–Trinajstić information content (AvgIpc) is 2.61. The minimum Gasteiger partial charge on any atom is -0.465 e. The van der Waals surface area contributed by atoms with Gasteiger partial charge in [-0.2, -0.15) is 0 Å². The lowest BCUT2D eigenvalue weighted by molar-refractivity contribution is -0.116. The van der Waals surface area contributed by atoms with Crippen LogP contribution in [0.25, 0.3) is 0 Å². The number of benzene rings is 2. The zero-order valence-corrected chi connectivity index (χ0v) is 14.1. The van der Waals surface area contributed by atoms with Gasteiger partial charge < -0.3 is 10.1 Å². The molecule has 0 atom stereocenters. The molecule has 0 spiro atoms. The average molecular weight is 364 g/mol. The van der Waals surface area contributed by atoms with Gasteiger partial charge in [-0.05, 0) is 30.3 Å². The van der Waals surface area contributed by atoms with E-state index < -0.39 is 23.5 Å². The number of amides is 1. The molecule has 0 radical (unpaired) electrons. The van der Waals surface area contributed by atoms with Crippen molar-refractivity contribution < 1.29 is 23.5 Å². The lowest BCUT2D eigenvalue weighted by atomic mass is 10.1. The summed E-state index contributed by atoms with van der Waals surface area (Å²) in [7, 11) is 1.22. The Morgan fingerprint density at radius 2 is 1.80 bits per heavy atom. The number of nitrogens with one attached hydrogen (secondary N) is 1. The number of Topliss-reactive ketones (excluding diaryl/α,β-unsaturated/α-hetero) is 1. The lowest BCUT2D eigenvalue weighted by Gasteiger charge is -2.08. The van der Waals surface area contributed by atoms with Crippen molar-refractivity contribution in [1.82, 2.24) is 0 Å². The van der Waals surface area contributed by atoms with Gasteiger partial charge in [0.05, 0.1) is 23.3 Å². The molecule has 0 unspecified atom stereocenters. The topological polar surface area (TPSA) is 72.5 Å². The first kappa shape index (κ1) is 18.6. The summed E-state index contributed by atoms with van der Waals surface area (Å²) >= 11 is 5.90. The van der Waals surface area contributed by atoms with Crippen molar-refractivity contribution in [3.63, 3.8) is 0 Å². The van der Waals surface area contributed by atoms with Gasteiger partial charge in [-0.15, -0.1) is 0 Å². The molecule has 130 valence electrons. The number of ketones is 1. The van der Waals surface area contributed by atoms with Crippen molar-refractivity contribution in [2.75, 3.05) is 12.4 Å². The summed E-state index contributed by atoms with van der Waals surface area (Å²) < 4.78 is 18.1. The maximum atomic E-state index is 13.5. The monoisotopic (exact) mass is 363 g/mol. The van der Waals surface area contributed by atoms with Crippen LogP contribution in [0.1, 0.15) is 33.6 Å². The molecule has 2 aromatic rings. The molecule has 0 saturated carbocycles. The number of ether oxygens (including phenoxy) is 1. The van der Waals surface area contributed by atoms with Gasteiger partial charge in [-0.3, -0.25) is 9.59 Å². The molecule has 0 aromatic heterocycles. The predicted octanol–water partition coefficient (Wildman–Crippen LogP) is 3.87. The fourth-order valence-corrected chi connectivity index (χ4v) is 2.34. The smallest absolute Gasteiger partial charge is 0.339 e. The third-order valence-corrected chi connectivity index (χ3v) is 3.74. The molecule has 0 aliphatic heterocycles. The standard InChI is InChI=1S/C18H15ClFNO4/c1-25-18(24)13-10-11(6-7-14(13)19)21-17(23)9-8-16(22)12-4-2-3-5-15(12)20/h2-7,10H,8-9H2,1H3,(H,21,23). The summed E-state index contributed by atoms with van der Waals surface area (Å²) in [6, 6.07) is 9.95. The summed E-state index contributed by atoms with van der Waals surface area (Å²) in [5, 5.41) is 2.75. The first-order chi connectivity index (χ1) is 11.9. The van der Waals surface area contributed by atoms with Gasteiger partial charge in [-0.1, -0.05) is 23.7 Å². The van der Waals surface area contributed by atoms with Crippen LogP contribution in [0.5, 0.6) is 0 Å². The number of carbonyl (C=O) groups excluding carboxylic acids is 3. The second-order valence-electron chi connectivity index (χ2n) is 5.14. The molecular formula is C18H15ClFNO4. The highest BCUT2D eigenvalue weighted by molar-refractivity contribution is 6.33. The zero-order chi connectivity index (χ0) is 18.4. The maximum Gasteiger partial charge on any atom is 0.339 e. The van der Waals surface area contributed by atoms with Gasteiger partial charge >= 0.3 is 5.97 Å². The minimum absolute atomic E-state index is 0.0465. The van der Waals surface area contributed by atoms with E-state index in [9.17, 15) is 18.8 Å². The van der Waals surface area contributed by atoms with Crippen molar-refractivity contribution in [2.45, 2.75) is 12.8 Å². The van der Waals surface area contributed by atoms with E-state index in [-0.39, 0.29) is 29.0 Å². The molecule has 25 heavy (non-hydrogen) atoms. The third-order valence-electron chi connectivity index (χ3n) is 3.41. The van der Waals surface area contributed by atoms with E-state index in [0.717, 1.165) is 0 Å². The van der Waals surface area contributed by atoms with Crippen LogP contribution in [-0.4, -0.2) is 24.8 Å². The molecule has 0 aliphatic carbocycles. The van der Waals surface area contributed by atoms with E-state index in [1.54, 1.807) is 6.07 Å². The molecule has 0 saturated heterocycles. The van der Waals surface area contributed by atoms with Crippen LogP contribution in [0.4, 0.5) is 10.1 Å². The van der Waals surface area contributed by atoms with Gasteiger partial charge in [0.2, 0.25) is 5.91 Å². The van der Waals surface area contributed by atoms with Crippen LogP contribution >= 0.6 is 11.6 Å². The number of rotatable bonds is 6. The van der Waals surface area contributed by atoms with Crippen LogP contribution in [-0.2, 0) is 9.53 Å². The quantitative estimate of drug-likeness (QED) is 0.624. The fraction of sp³-hybridized carbons (Fsp3) is 0.167. The molecule has 1 amide bonds. The molecule has 0 fully saturated rings. The molecular weight excluding hydrogens is 349 g/mol. The summed E-state index contributed by atoms with van der Waals surface area (Å²) in [5.74, 6) is -2.15. The van der Waals surface area contributed by atoms with Crippen molar-refractivity contribution in [3.8, 4) is 0 Å². The number of hydrogen-bond donors (Lipinski definition) is 1. The number of methoxy groups -OCH3 is 1. The molecule has 1 N–H and O–H groups in total. The van der Waals surface area contributed by atoms with Crippen molar-refractivity contribution in [1.29, 1.82) is 0 Å². The molecule has 2 rings (SSSR count). The van der Waals surface area contributed by atoms with Crippen LogP contribution < -0.4 is 5.32 Å². The maximum absolute atomic E-state index is 13.5. The minimum atomic E-state index is -0.629. The summed E-state index contributed by atoms with van der Waals surface area (Å²) in [4.78, 5) is 35.5. The second kappa shape index (κ2) is 8.39. The number of carbonyl (C=O) groups is 3. The van der Waals surface area contributed by atoms with E-state index in [2.05, 4.69) is 10.1 Å². The van der Waals surface area contributed by atoms with Crippen molar-refractivity contribution in [2.24, 2.45) is 0 Å². The third kappa shape index (κ3) is 4.87. The van der Waals surface area contributed by atoms with Crippen LogP contribution in [0.2, 0.25) is 5.02 Å². The highest BCUT2D eigenvalue weighted by Gasteiger charge is 2.15. The van der Waals surface area contributed by atoms with Gasteiger partial charge in [0.1, 0.15) is 5.82 Å². The highest BCUT2D eigenvalue weighted by Crippen LogP contribution is 2.21. The van der Waals surface area contributed by atoms with Crippen LogP contribution in [0, 0.1) is 5.82 Å². The van der Waals surface area contributed by atoms with Gasteiger partial charge in [0, 0.05) is 18.5 Å². The lowest BCUT2D eigenvalue weighted by Crippen LogP contribution is -2.14. The number of halogens is 2. The van der Waals surface area contributed by atoms with Gasteiger partial charge in [-0.25, -0.2) is 9.18 Å². The highest BCUT2D eigenvalue weighted by atomic mass is 35.5. The van der Waals surface area contributed by atoms with E-state index in [1.807, 2.05) is 0 Å². The molecule has 7 heteroatoms. The number of esters is 1. The first-order valence-corrected chi connectivity index (χ1v) is 7.75. The Kier molecular flexibility index (Phi) is 6.25. The predicted molar refractivity (Wildman–Crippen MR) is 91.4 cm³/mol. The first-order valence-electron chi connectivity index (χ1n) is 7.38. The Morgan fingerprint density at radius 1 is 1.08 bits per heavy atom. The van der Waals surface area contributed by atoms with E-state index in [0.29, 0.717) is 5.69 Å². The number of anilines is 1. The Morgan fingerprint density at radius 3 is 2.48 bits per heavy atom. The Labute approximate surface area is 148 Å². The summed E-state index contributed by atoms with van der Waals surface area (Å²) in [5.41, 5.74) is 0.410. The molecule has 0 bridgehead atoms. The largest absolute Gasteiger partial charge is 0.465 e. The van der Waals surface area contributed by atoms with Gasteiger partial charge in [0.15, 0.2) is 5.78 Å².